The van der Waals surface area contributed by atoms with Crippen LogP contribution >= 0.6 is 0 Å². The lowest BCUT2D eigenvalue weighted by atomic mass is 10.1. The summed E-state index contributed by atoms with van der Waals surface area (Å²) in [5.41, 5.74) is -0.119. The molecule has 0 aliphatic rings. The van der Waals surface area contributed by atoms with Gasteiger partial charge in [-0.25, -0.2) is 0 Å². The first-order chi connectivity index (χ1) is 5.39. The first-order valence-corrected chi connectivity index (χ1v) is 4.27. The zero-order valence-corrected chi connectivity index (χ0v) is 8.42. The highest BCUT2D eigenvalue weighted by Gasteiger charge is 2.21. The predicted octanol–water partition coefficient (Wildman–Crippen LogP) is 1.02. The summed E-state index contributed by atoms with van der Waals surface area (Å²) in [5, 5.41) is 8.53. The van der Waals surface area contributed by atoms with Gasteiger partial charge in [-0.1, -0.05) is 0 Å². The van der Waals surface area contributed by atoms with Crippen LogP contribution in [0.15, 0.2) is 0 Å². The van der Waals surface area contributed by atoms with Crippen molar-refractivity contribution in [3.8, 4) is 0 Å². The van der Waals surface area contributed by atoms with Gasteiger partial charge in [-0.2, -0.15) is 0 Å². The number of nitrogens with zero attached hydrogens (tertiary/aromatic N) is 1. The van der Waals surface area contributed by atoms with E-state index in [0.29, 0.717) is 12.8 Å². The summed E-state index contributed by atoms with van der Waals surface area (Å²) in [6.45, 7) is 6.06. The van der Waals surface area contributed by atoms with Crippen molar-refractivity contribution in [2.24, 2.45) is 0 Å². The van der Waals surface area contributed by atoms with Gasteiger partial charge in [0, 0.05) is 25.6 Å². The summed E-state index contributed by atoms with van der Waals surface area (Å²) in [7, 11) is 1.79. The molecule has 0 spiro atoms. The van der Waals surface area contributed by atoms with Crippen LogP contribution < -0.4 is 0 Å². The molecule has 1 N–H and O–H groups in total. The van der Waals surface area contributed by atoms with E-state index in [2.05, 4.69) is 0 Å². The van der Waals surface area contributed by atoms with E-state index in [9.17, 15) is 4.79 Å². The molecule has 3 nitrogen and oxygen atoms in total. The number of rotatable bonds is 3. The third-order valence-corrected chi connectivity index (χ3v) is 1.93. The summed E-state index contributed by atoms with van der Waals surface area (Å²) in [4.78, 5) is 13.1. The highest BCUT2D eigenvalue weighted by atomic mass is 16.3. The van der Waals surface area contributed by atoms with Crippen molar-refractivity contribution >= 4 is 5.91 Å². The number of amides is 1. The first-order valence-electron chi connectivity index (χ1n) is 4.27. The highest BCUT2D eigenvalue weighted by molar-refractivity contribution is 5.76. The number of aliphatic hydroxyl groups excluding tert-OH is 1. The van der Waals surface area contributed by atoms with Crippen LogP contribution in [0.1, 0.15) is 33.6 Å². The number of carbonyl (C=O) groups excluding carboxylic acids is 1. The molecule has 72 valence electrons. The monoisotopic (exact) mass is 173 g/mol. The minimum atomic E-state index is -0.119. The zero-order chi connectivity index (χ0) is 9.78. The lowest BCUT2D eigenvalue weighted by Gasteiger charge is -2.32. The van der Waals surface area contributed by atoms with Crippen molar-refractivity contribution in [2.45, 2.75) is 39.2 Å². The Labute approximate surface area is 74.4 Å². The highest BCUT2D eigenvalue weighted by Crippen LogP contribution is 2.11. The van der Waals surface area contributed by atoms with Gasteiger partial charge in [-0.05, 0) is 27.2 Å². The molecule has 0 saturated heterocycles. The van der Waals surface area contributed by atoms with E-state index in [4.69, 9.17) is 5.11 Å². The maximum atomic E-state index is 11.4. The van der Waals surface area contributed by atoms with Gasteiger partial charge >= 0.3 is 0 Å². The topological polar surface area (TPSA) is 40.5 Å². The van der Waals surface area contributed by atoms with Gasteiger partial charge in [0.1, 0.15) is 0 Å². The zero-order valence-electron chi connectivity index (χ0n) is 8.42. The maximum absolute atomic E-state index is 11.4. The third-order valence-electron chi connectivity index (χ3n) is 1.93. The van der Waals surface area contributed by atoms with Crippen LogP contribution in [-0.4, -0.2) is 35.1 Å². The molecule has 0 aromatic heterocycles. The molecule has 12 heavy (non-hydrogen) atoms. The number of hydrogen-bond donors (Lipinski definition) is 1. The van der Waals surface area contributed by atoms with Gasteiger partial charge in [0.25, 0.3) is 0 Å². The Morgan fingerprint density at radius 2 is 1.92 bits per heavy atom. The van der Waals surface area contributed by atoms with E-state index in [1.54, 1.807) is 11.9 Å². The average molecular weight is 173 g/mol. The molecule has 0 aromatic carbocycles. The van der Waals surface area contributed by atoms with Crippen LogP contribution in [0.25, 0.3) is 0 Å². The summed E-state index contributed by atoms with van der Waals surface area (Å²) in [5.74, 6) is 0.0940. The lowest BCUT2D eigenvalue weighted by molar-refractivity contribution is -0.134. The van der Waals surface area contributed by atoms with Gasteiger partial charge in [0.15, 0.2) is 0 Å². The van der Waals surface area contributed by atoms with Crippen molar-refractivity contribution in [3.63, 3.8) is 0 Å². The Bertz CT molecular complexity index is 149. The third kappa shape index (κ3) is 3.72. The quantitative estimate of drug-likeness (QED) is 0.692. The number of aliphatic hydroxyl groups is 1. The molecule has 0 heterocycles. The molecule has 1 amide bonds. The van der Waals surface area contributed by atoms with E-state index in [-0.39, 0.29) is 18.1 Å². The van der Waals surface area contributed by atoms with E-state index in [0.717, 1.165) is 0 Å². The summed E-state index contributed by atoms with van der Waals surface area (Å²) < 4.78 is 0. The first kappa shape index (κ1) is 11.4. The Morgan fingerprint density at radius 3 is 2.25 bits per heavy atom. The van der Waals surface area contributed by atoms with Crippen molar-refractivity contribution in [1.82, 2.24) is 4.90 Å². The Hall–Kier alpha value is -0.570. The molecular formula is C9H19NO2. The fraction of sp³-hybridized carbons (Fsp3) is 0.889. The van der Waals surface area contributed by atoms with E-state index in [1.807, 2.05) is 20.8 Å². The normalized spacial score (nSPS) is 11.4. The standard InChI is InChI=1S/C9H19NO2/c1-9(2,3)10(4)8(12)6-5-7-11/h11H,5-7H2,1-4H3. The van der Waals surface area contributed by atoms with Crippen LogP contribution in [0.3, 0.4) is 0 Å². The van der Waals surface area contributed by atoms with Crippen LogP contribution in [0.5, 0.6) is 0 Å². The number of carbonyl (C=O) groups is 1. The van der Waals surface area contributed by atoms with Crippen molar-refractivity contribution in [3.05, 3.63) is 0 Å². The molecule has 0 bridgehead atoms. The van der Waals surface area contributed by atoms with Gasteiger partial charge in [0.05, 0.1) is 0 Å². The molecule has 0 rings (SSSR count). The Balaban J connectivity index is 3.94. The Morgan fingerprint density at radius 1 is 1.42 bits per heavy atom. The summed E-state index contributed by atoms with van der Waals surface area (Å²) in [6.07, 6.45) is 0.990. The fourth-order valence-electron chi connectivity index (χ4n) is 0.772. The predicted molar refractivity (Wildman–Crippen MR) is 48.8 cm³/mol. The largest absolute Gasteiger partial charge is 0.396 e. The molecule has 0 aromatic rings. The van der Waals surface area contributed by atoms with Crippen LogP contribution in [0.4, 0.5) is 0 Å². The maximum Gasteiger partial charge on any atom is 0.222 e. The van der Waals surface area contributed by atoms with Gasteiger partial charge in [0.2, 0.25) is 5.91 Å². The molecule has 0 aliphatic carbocycles. The van der Waals surface area contributed by atoms with E-state index >= 15 is 0 Å². The van der Waals surface area contributed by atoms with Gasteiger partial charge < -0.3 is 10.0 Å². The molecule has 0 unspecified atom stereocenters. The lowest BCUT2D eigenvalue weighted by Crippen LogP contribution is -2.42. The smallest absolute Gasteiger partial charge is 0.222 e. The second kappa shape index (κ2) is 4.45. The molecule has 0 saturated carbocycles. The van der Waals surface area contributed by atoms with Crippen molar-refractivity contribution < 1.29 is 9.90 Å². The minimum Gasteiger partial charge on any atom is -0.396 e. The van der Waals surface area contributed by atoms with Gasteiger partial charge in [-0.3, -0.25) is 4.79 Å². The molecule has 0 atom stereocenters. The van der Waals surface area contributed by atoms with Crippen molar-refractivity contribution in [1.29, 1.82) is 0 Å². The van der Waals surface area contributed by atoms with Crippen LogP contribution in [0.2, 0.25) is 0 Å². The van der Waals surface area contributed by atoms with E-state index in [1.165, 1.54) is 0 Å². The minimum absolute atomic E-state index is 0.0870. The summed E-state index contributed by atoms with van der Waals surface area (Å²) in [6, 6.07) is 0. The van der Waals surface area contributed by atoms with Crippen LogP contribution in [-0.2, 0) is 4.79 Å². The van der Waals surface area contributed by atoms with Crippen molar-refractivity contribution in [2.75, 3.05) is 13.7 Å². The molecule has 0 radical (unpaired) electrons. The Kier molecular flexibility index (Phi) is 4.24. The average Bonchev–Trinajstić information content (AvgIpc) is 1.97. The fourth-order valence-corrected chi connectivity index (χ4v) is 0.772. The van der Waals surface area contributed by atoms with Gasteiger partial charge in [-0.15, -0.1) is 0 Å². The number of hydrogen-bond acceptors (Lipinski definition) is 2. The molecule has 0 fully saturated rings. The molecular weight excluding hydrogens is 154 g/mol. The summed E-state index contributed by atoms with van der Waals surface area (Å²) >= 11 is 0. The van der Waals surface area contributed by atoms with Crippen LogP contribution in [0, 0.1) is 0 Å². The second-order valence-electron chi connectivity index (χ2n) is 3.95. The SMILES string of the molecule is CN(C(=O)CCCO)C(C)(C)C. The molecule has 3 heteroatoms. The van der Waals surface area contributed by atoms with E-state index < -0.39 is 0 Å². The molecule has 0 aliphatic heterocycles. The second-order valence-corrected chi connectivity index (χ2v) is 3.95.